The Kier molecular flexibility index (Phi) is 6.65. The van der Waals surface area contributed by atoms with E-state index in [-0.39, 0.29) is 11.9 Å². The minimum atomic E-state index is -0.517. The maximum Gasteiger partial charge on any atom is 0.309 e. The highest BCUT2D eigenvalue weighted by molar-refractivity contribution is 5.73. The first-order chi connectivity index (χ1) is 9.82. The van der Waals surface area contributed by atoms with Gasteiger partial charge in [0.05, 0.1) is 5.92 Å². The molecule has 0 bridgehead atoms. The zero-order valence-corrected chi connectivity index (χ0v) is 13.6. The second-order valence-corrected chi connectivity index (χ2v) is 6.82. The molecule has 1 saturated carbocycles. The van der Waals surface area contributed by atoms with Crippen LogP contribution in [0.1, 0.15) is 59.3 Å². The van der Waals surface area contributed by atoms with E-state index in [9.17, 15) is 9.59 Å². The minimum absolute atomic E-state index is 0.236. The summed E-state index contributed by atoms with van der Waals surface area (Å²) < 4.78 is 15.9. The maximum atomic E-state index is 12.4. The fraction of sp³-hybridized carbons (Fsp3) is 0.875. The summed E-state index contributed by atoms with van der Waals surface area (Å²) in [6.07, 6.45) is 4.79. The van der Waals surface area contributed by atoms with Crippen LogP contribution in [0.2, 0.25) is 0 Å². The molecule has 1 fully saturated rings. The fourth-order valence-electron chi connectivity index (χ4n) is 2.89. The van der Waals surface area contributed by atoms with Crippen molar-refractivity contribution in [2.45, 2.75) is 70.5 Å². The highest BCUT2D eigenvalue weighted by Gasteiger charge is 2.40. The molecule has 1 rings (SSSR count). The Balaban J connectivity index is 2.76. The smallest absolute Gasteiger partial charge is 0.309 e. The van der Waals surface area contributed by atoms with Crippen LogP contribution < -0.4 is 0 Å². The predicted molar refractivity (Wildman–Crippen MR) is 78.8 cm³/mol. The van der Waals surface area contributed by atoms with E-state index in [1.807, 2.05) is 20.8 Å². The number of methoxy groups -OCH3 is 1. The molecule has 0 aromatic carbocycles. The van der Waals surface area contributed by atoms with E-state index in [2.05, 4.69) is 0 Å². The predicted octanol–water partition coefficient (Wildman–Crippen LogP) is 2.86. The molecule has 122 valence electrons. The Bertz CT molecular complexity index is 339. The summed E-state index contributed by atoms with van der Waals surface area (Å²) in [5, 5.41) is 0. The van der Waals surface area contributed by atoms with Crippen molar-refractivity contribution in [3.05, 3.63) is 0 Å². The molecule has 0 aromatic rings. The SMILES string of the molecule is COCCC(CC1(OC=O)CCCC1)C(=O)OC(C)(C)C. The lowest BCUT2D eigenvalue weighted by Crippen LogP contribution is -2.37. The number of hydrogen-bond acceptors (Lipinski definition) is 5. The van der Waals surface area contributed by atoms with Crippen LogP contribution in [-0.4, -0.2) is 37.4 Å². The molecular weight excluding hydrogens is 272 g/mol. The molecule has 21 heavy (non-hydrogen) atoms. The van der Waals surface area contributed by atoms with E-state index >= 15 is 0 Å². The normalized spacial score (nSPS) is 19.0. The number of hydrogen-bond donors (Lipinski definition) is 0. The Morgan fingerprint density at radius 1 is 1.29 bits per heavy atom. The van der Waals surface area contributed by atoms with Crippen molar-refractivity contribution >= 4 is 12.4 Å². The summed E-state index contributed by atoms with van der Waals surface area (Å²) in [4.78, 5) is 23.2. The van der Waals surface area contributed by atoms with Crippen LogP contribution in [-0.2, 0) is 23.8 Å². The molecule has 0 aliphatic heterocycles. The monoisotopic (exact) mass is 300 g/mol. The van der Waals surface area contributed by atoms with Crippen LogP contribution in [0.25, 0.3) is 0 Å². The summed E-state index contributed by atoms with van der Waals surface area (Å²) in [5.74, 6) is -0.539. The highest BCUT2D eigenvalue weighted by Crippen LogP contribution is 2.39. The van der Waals surface area contributed by atoms with Gasteiger partial charge in [-0.15, -0.1) is 0 Å². The third kappa shape index (κ3) is 6.04. The van der Waals surface area contributed by atoms with Crippen molar-refractivity contribution in [2.24, 2.45) is 5.92 Å². The number of esters is 1. The van der Waals surface area contributed by atoms with E-state index in [0.717, 1.165) is 25.7 Å². The fourth-order valence-corrected chi connectivity index (χ4v) is 2.89. The van der Waals surface area contributed by atoms with E-state index in [0.29, 0.717) is 25.9 Å². The number of carbonyl (C=O) groups excluding carboxylic acids is 2. The van der Waals surface area contributed by atoms with E-state index < -0.39 is 11.2 Å². The lowest BCUT2D eigenvalue weighted by molar-refractivity contribution is -0.166. The first-order valence-electron chi connectivity index (χ1n) is 7.65. The Hall–Kier alpha value is -1.10. The second-order valence-electron chi connectivity index (χ2n) is 6.82. The summed E-state index contributed by atoms with van der Waals surface area (Å²) in [7, 11) is 1.61. The summed E-state index contributed by atoms with van der Waals surface area (Å²) in [6.45, 7) is 6.55. The van der Waals surface area contributed by atoms with Crippen LogP contribution >= 0.6 is 0 Å². The maximum absolute atomic E-state index is 12.4. The molecule has 0 saturated heterocycles. The molecule has 0 amide bonds. The van der Waals surface area contributed by atoms with Gasteiger partial charge in [-0.3, -0.25) is 9.59 Å². The number of rotatable bonds is 8. The van der Waals surface area contributed by atoms with Crippen molar-refractivity contribution in [1.82, 2.24) is 0 Å². The second kappa shape index (κ2) is 7.78. The summed E-state index contributed by atoms with van der Waals surface area (Å²) in [6, 6.07) is 0. The van der Waals surface area contributed by atoms with Gasteiger partial charge >= 0.3 is 5.97 Å². The van der Waals surface area contributed by atoms with Crippen molar-refractivity contribution in [3.63, 3.8) is 0 Å². The molecule has 1 aliphatic rings. The summed E-state index contributed by atoms with van der Waals surface area (Å²) in [5.41, 5.74) is -1.02. The number of ether oxygens (including phenoxy) is 3. The van der Waals surface area contributed by atoms with Gasteiger partial charge in [-0.05, 0) is 52.9 Å². The number of carbonyl (C=O) groups is 2. The standard InChI is InChI=1S/C16H28O5/c1-15(2,3)21-14(18)13(7-10-19-4)11-16(20-12-17)8-5-6-9-16/h12-13H,5-11H2,1-4H3. The van der Waals surface area contributed by atoms with E-state index in [1.165, 1.54) is 0 Å². The Morgan fingerprint density at radius 3 is 2.38 bits per heavy atom. The van der Waals surface area contributed by atoms with Gasteiger partial charge in [0.15, 0.2) is 0 Å². The van der Waals surface area contributed by atoms with Gasteiger partial charge in [0, 0.05) is 20.1 Å². The van der Waals surface area contributed by atoms with Crippen molar-refractivity contribution in [3.8, 4) is 0 Å². The van der Waals surface area contributed by atoms with Crippen LogP contribution in [0.3, 0.4) is 0 Å². The van der Waals surface area contributed by atoms with Crippen LogP contribution in [0, 0.1) is 5.92 Å². The van der Waals surface area contributed by atoms with Crippen molar-refractivity contribution in [2.75, 3.05) is 13.7 Å². The zero-order chi connectivity index (χ0) is 15.9. The molecule has 5 nitrogen and oxygen atoms in total. The van der Waals surface area contributed by atoms with E-state index in [1.54, 1.807) is 7.11 Å². The molecular formula is C16H28O5. The molecule has 0 radical (unpaired) electrons. The molecule has 1 atom stereocenters. The van der Waals surface area contributed by atoms with Gasteiger partial charge in [0.1, 0.15) is 11.2 Å². The molecule has 0 N–H and O–H groups in total. The highest BCUT2D eigenvalue weighted by atomic mass is 16.6. The van der Waals surface area contributed by atoms with E-state index in [4.69, 9.17) is 14.2 Å². The molecule has 5 heteroatoms. The first-order valence-corrected chi connectivity index (χ1v) is 7.65. The third-order valence-electron chi connectivity index (χ3n) is 3.84. The van der Waals surface area contributed by atoms with Crippen molar-refractivity contribution in [1.29, 1.82) is 0 Å². The van der Waals surface area contributed by atoms with Crippen molar-refractivity contribution < 1.29 is 23.8 Å². The lowest BCUT2D eigenvalue weighted by Gasteiger charge is -2.32. The molecule has 0 heterocycles. The van der Waals surface area contributed by atoms with Crippen LogP contribution in [0.5, 0.6) is 0 Å². The quantitative estimate of drug-likeness (QED) is 0.509. The molecule has 0 aromatic heterocycles. The lowest BCUT2D eigenvalue weighted by atomic mass is 9.87. The average Bonchev–Trinajstić information content (AvgIpc) is 2.81. The topological polar surface area (TPSA) is 61.8 Å². The first kappa shape index (κ1) is 18.0. The molecule has 1 aliphatic carbocycles. The third-order valence-corrected chi connectivity index (χ3v) is 3.84. The van der Waals surface area contributed by atoms with Gasteiger partial charge in [-0.25, -0.2) is 0 Å². The largest absolute Gasteiger partial charge is 0.461 e. The summed E-state index contributed by atoms with van der Waals surface area (Å²) >= 11 is 0. The zero-order valence-electron chi connectivity index (χ0n) is 13.6. The van der Waals surface area contributed by atoms with Crippen LogP contribution in [0.15, 0.2) is 0 Å². The van der Waals surface area contributed by atoms with Gasteiger partial charge in [0.25, 0.3) is 6.47 Å². The molecule has 0 spiro atoms. The van der Waals surface area contributed by atoms with Gasteiger partial charge in [-0.1, -0.05) is 0 Å². The molecule has 1 unspecified atom stereocenters. The van der Waals surface area contributed by atoms with Gasteiger partial charge in [-0.2, -0.15) is 0 Å². The van der Waals surface area contributed by atoms with Gasteiger partial charge in [0.2, 0.25) is 0 Å². The Labute approximate surface area is 127 Å². The van der Waals surface area contributed by atoms with Gasteiger partial charge < -0.3 is 14.2 Å². The minimum Gasteiger partial charge on any atom is -0.461 e. The average molecular weight is 300 g/mol. The van der Waals surface area contributed by atoms with Crippen LogP contribution in [0.4, 0.5) is 0 Å². The Morgan fingerprint density at radius 2 is 1.90 bits per heavy atom.